The van der Waals surface area contributed by atoms with Crippen molar-refractivity contribution in [3.63, 3.8) is 0 Å². The molecule has 0 saturated heterocycles. The summed E-state index contributed by atoms with van der Waals surface area (Å²) in [7, 11) is -4.27. The number of sulfonamides is 1. The maximum absolute atomic E-state index is 14.7. The zero-order valence-corrected chi connectivity index (χ0v) is 34.7. The molecule has 0 fully saturated rings. The molecule has 6 rings (SSSR count). The summed E-state index contributed by atoms with van der Waals surface area (Å²) in [4.78, 5) is 46.4. The van der Waals surface area contributed by atoms with Crippen LogP contribution in [0.1, 0.15) is 114 Å². The molecule has 0 atom stereocenters. The first-order valence-corrected chi connectivity index (χ1v) is 21.3. The smallest absolute Gasteiger partial charge is 0.275 e. The van der Waals surface area contributed by atoms with Gasteiger partial charge in [-0.15, -0.1) is 0 Å². The van der Waals surface area contributed by atoms with Crippen LogP contribution >= 0.6 is 0 Å². The number of aromatic nitrogens is 2. The van der Waals surface area contributed by atoms with E-state index in [9.17, 15) is 22.8 Å². The number of unbranched alkanes of at least 4 members (excludes halogenated alkanes) is 2. The monoisotopic (exact) mass is 787 g/mol. The lowest BCUT2D eigenvalue weighted by atomic mass is 9.95. The maximum Gasteiger partial charge on any atom is 0.275 e. The lowest BCUT2D eigenvalue weighted by molar-refractivity contribution is 0.0732. The summed E-state index contributed by atoms with van der Waals surface area (Å²) in [6.45, 7) is 14.3. The van der Waals surface area contributed by atoms with Crippen molar-refractivity contribution >= 4 is 44.6 Å². The van der Waals surface area contributed by atoms with E-state index in [0.717, 1.165) is 42.0 Å². The first-order valence-electron chi connectivity index (χ1n) is 19.8. The summed E-state index contributed by atoms with van der Waals surface area (Å²) in [6, 6.07) is 24.6. The molecule has 1 N–H and O–H groups in total. The van der Waals surface area contributed by atoms with Crippen molar-refractivity contribution in [3.8, 4) is 5.69 Å². The minimum Gasteiger partial charge on any atom is -0.337 e. The zero-order chi connectivity index (χ0) is 40.9. The number of hydrogen-bond donors (Lipinski definition) is 1. The molecule has 0 bridgehead atoms. The Morgan fingerprint density at radius 2 is 1.53 bits per heavy atom. The second kappa shape index (κ2) is 17.3. The van der Waals surface area contributed by atoms with Gasteiger partial charge in [0.15, 0.2) is 5.69 Å². The van der Waals surface area contributed by atoms with E-state index in [-0.39, 0.29) is 38.9 Å². The fourth-order valence-corrected chi connectivity index (χ4v) is 8.06. The van der Waals surface area contributed by atoms with E-state index in [1.807, 2.05) is 60.4 Å². The number of allylic oxidation sites excluding steroid dienone is 1. The summed E-state index contributed by atoms with van der Waals surface area (Å²) in [5, 5.41) is 6.53. The van der Waals surface area contributed by atoms with Gasteiger partial charge in [0, 0.05) is 43.0 Å². The Kier molecular flexibility index (Phi) is 12.5. The third kappa shape index (κ3) is 9.37. The predicted molar refractivity (Wildman–Crippen MR) is 226 cm³/mol. The van der Waals surface area contributed by atoms with Crippen LogP contribution in [0.15, 0.2) is 95.9 Å². The van der Waals surface area contributed by atoms with Crippen molar-refractivity contribution in [3.05, 3.63) is 130 Å². The van der Waals surface area contributed by atoms with Gasteiger partial charge in [0.1, 0.15) is 0 Å². The number of benzene rings is 4. The maximum atomic E-state index is 14.7. The highest BCUT2D eigenvalue weighted by Gasteiger charge is 2.30. The predicted octanol–water partition coefficient (Wildman–Crippen LogP) is 8.75. The second-order valence-corrected chi connectivity index (χ2v) is 17.6. The van der Waals surface area contributed by atoms with Crippen LogP contribution in [0.5, 0.6) is 0 Å². The van der Waals surface area contributed by atoms with Crippen LogP contribution in [0, 0.1) is 12.3 Å². The summed E-state index contributed by atoms with van der Waals surface area (Å²) in [5.41, 5.74) is 4.14. The van der Waals surface area contributed by atoms with Crippen molar-refractivity contribution in [2.45, 2.75) is 85.1 Å². The normalized spacial score (nSPS) is 13.2. The summed E-state index contributed by atoms with van der Waals surface area (Å²) < 4.78 is 30.9. The number of hydrogen-bond acceptors (Lipinski definition) is 6. The van der Waals surface area contributed by atoms with Crippen LogP contribution in [0.25, 0.3) is 22.5 Å². The Morgan fingerprint density at radius 1 is 0.860 bits per heavy atom. The molecule has 0 radical (unpaired) electrons. The number of nitrogens with one attached hydrogen (secondary N) is 1. The number of carbonyl (C=O) groups is 3. The lowest BCUT2D eigenvalue weighted by Crippen LogP contribution is -2.37. The standard InChI is InChI=1S/C46H53N5O5S/c1-7-9-26-49(27-10-8-2)45(54)42-39(23-25-46(4,5)6)32(3)51(47-42)41-22-20-36(30-40(41)44(53)50-28-24-34-16-12-14-18-37(34)31-50)43(52)48-57(55,56)38-21-19-33-15-11-13-17-35(33)29-38/h11-23,25,29-30H,7-10,24,26-28,31H2,1-6H3,(H,48,52). The molecule has 0 spiro atoms. The van der Waals surface area contributed by atoms with Gasteiger partial charge in [0.05, 0.1) is 16.1 Å². The molecule has 298 valence electrons. The molecule has 1 aliphatic rings. The van der Waals surface area contributed by atoms with Crippen LogP contribution < -0.4 is 4.72 Å². The van der Waals surface area contributed by atoms with Crippen LogP contribution in [0.4, 0.5) is 0 Å². The summed E-state index contributed by atoms with van der Waals surface area (Å²) in [6.07, 6.45) is 8.24. The Hall–Kier alpha value is -5.55. The third-order valence-electron chi connectivity index (χ3n) is 10.4. The van der Waals surface area contributed by atoms with Gasteiger partial charge in [0.25, 0.3) is 27.7 Å². The molecule has 4 aromatic carbocycles. The van der Waals surface area contributed by atoms with E-state index in [1.54, 1.807) is 27.8 Å². The molecule has 0 aliphatic carbocycles. The first-order chi connectivity index (χ1) is 27.2. The highest BCUT2D eigenvalue weighted by atomic mass is 32.2. The average Bonchev–Trinajstić information content (AvgIpc) is 3.53. The topological polar surface area (TPSA) is 122 Å². The lowest BCUT2D eigenvalue weighted by Gasteiger charge is -2.29. The summed E-state index contributed by atoms with van der Waals surface area (Å²) >= 11 is 0. The van der Waals surface area contributed by atoms with E-state index >= 15 is 0 Å². The highest BCUT2D eigenvalue weighted by Crippen LogP contribution is 2.29. The zero-order valence-electron chi connectivity index (χ0n) is 33.8. The van der Waals surface area contributed by atoms with Gasteiger partial charge in [-0.3, -0.25) is 14.4 Å². The fraction of sp³-hybridized carbons (Fsp3) is 0.348. The van der Waals surface area contributed by atoms with Crippen LogP contribution in [-0.4, -0.2) is 65.4 Å². The Bertz CT molecular complexity index is 2430. The minimum atomic E-state index is -4.27. The van der Waals surface area contributed by atoms with E-state index in [1.165, 1.54) is 29.8 Å². The van der Waals surface area contributed by atoms with Gasteiger partial charge in [-0.1, -0.05) is 114 Å². The average molecular weight is 788 g/mol. The number of rotatable bonds is 13. The van der Waals surface area contributed by atoms with E-state index < -0.39 is 15.9 Å². The van der Waals surface area contributed by atoms with Crippen LogP contribution in [0.2, 0.25) is 0 Å². The number of carbonyl (C=O) groups excluding carboxylic acids is 3. The van der Waals surface area contributed by atoms with E-state index in [4.69, 9.17) is 5.10 Å². The van der Waals surface area contributed by atoms with Gasteiger partial charge in [0.2, 0.25) is 0 Å². The molecule has 0 unspecified atom stereocenters. The van der Waals surface area contributed by atoms with Gasteiger partial charge in [-0.05, 0) is 83.8 Å². The first kappa shape index (κ1) is 41.1. The molecule has 3 amide bonds. The molecule has 1 aliphatic heterocycles. The van der Waals surface area contributed by atoms with Crippen LogP contribution in [0.3, 0.4) is 0 Å². The molecule has 5 aromatic rings. The minimum absolute atomic E-state index is 0.0110. The van der Waals surface area contributed by atoms with E-state index in [2.05, 4.69) is 45.4 Å². The quantitative estimate of drug-likeness (QED) is 0.127. The molecule has 1 aromatic heterocycles. The number of fused-ring (bicyclic) bond motifs is 2. The molecule has 10 nitrogen and oxygen atoms in total. The Balaban J connectivity index is 1.45. The summed E-state index contributed by atoms with van der Waals surface area (Å²) in [5.74, 6) is -1.39. The number of nitrogens with zero attached hydrogens (tertiary/aromatic N) is 4. The van der Waals surface area contributed by atoms with Crippen molar-refractivity contribution in [1.82, 2.24) is 24.3 Å². The fourth-order valence-electron chi connectivity index (χ4n) is 7.05. The van der Waals surface area contributed by atoms with Gasteiger partial charge < -0.3 is 9.80 Å². The largest absolute Gasteiger partial charge is 0.337 e. The highest BCUT2D eigenvalue weighted by molar-refractivity contribution is 7.90. The molecule has 57 heavy (non-hydrogen) atoms. The SMILES string of the molecule is CCCCN(CCCC)C(=O)c1nn(-c2ccc(C(=O)NS(=O)(=O)c3ccc4ccccc4c3)cc2C(=O)N2CCc3ccccc3C2)c(C)c1C=CC(C)(C)C. The third-order valence-corrected chi connectivity index (χ3v) is 11.7. The van der Waals surface area contributed by atoms with Gasteiger partial charge in [-0.2, -0.15) is 5.10 Å². The van der Waals surface area contributed by atoms with Crippen molar-refractivity contribution < 1.29 is 22.8 Å². The Morgan fingerprint density at radius 3 is 2.21 bits per heavy atom. The molecular weight excluding hydrogens is 735 g/mol. The molecule has 2 heterocycles. The van der Waals surface area contributed by atoms with Crippen molar-refractivity contribution in [1.29, 1.82) is 0 Å². The second-order valence-electron chi connectivity index (χ2n) is 15.9. The molecule has 0 saturated carbocycles. The molecular formula is C46H53N5O5S. The molecule has 11 heteroatoms. The van der Waals surface area contributed by atoms with Gasteiger partial charge >= 0.3 is 0 Å². The Labute approximate surface area is 336 Å². The van der Waals surface area contributed by atoms with E-state index in [0.29, 0.717) is 49.5 Å². The van der Waals surface area contributed by atoms with Crippen LogP contribution in [-0.2, 0) is 23.0 Å². The van der Waals surface area contributed by atoms with Gasteiger partial charge in [-0.25, -0.2) is 17.8 Å². The van der Waals surface area contributed by atoms with Crippen molar-refractivity contribution in [2.75, 3.05) is 19.6 Å². The van der Waals surface area contributed by atoms with Crippen molar-refractivity contribution in [2.24, 2.45) is 5.41 Å². The number of amides is 3.